The summed E-state index contributed by atoms with van der Waals surface area (Å²) in [5, 5.41) is 0. The van der Waals surface area contributed by atoms with E-state index in [1.165, 1.54) is 25.5 Å². The highest BCUT2D eigenvalue weighted by atomic mass is 19.1. The number of rotatable bonds is 4. The van der Waals surface area contributed by atoms with Crippen LogP contribution in [0.5, 0.6) is 0 Å². The largest absolute Gasteiger partial charge is 0.342 e. The quantitative estimate of drug-likeness (QED) is 0.743. The van der Waals surface area contributed by atoms with Crippen LogP contribution in [0.1, 0.15) is 25.6 Å². The Kier molecular flexibility index (Phi) is 4.02. The fourth-order valence-electron chi connectivity index (χ4n) is 3.48. The molecular weight excluding hydrogens is 303 g/mol. The Morgan fingerprint density at radius 1 is 1.25 bits per heavy atom. The summed E-state index contributed by atoms with van der Waals surface area (Å²) < 4.78 is 13.0. The van der Waals surface area contributed by atoms with Crippen LogP contribution in [-0.4, -0.2) is 39.0 Å². The van der Waals surface area contributed by atoms with Crippen molar-refractivity contribution in [1.82, 2.24) is 19.9 Å². The second-order valence-corrected chi connectivity index (χ2v) is 6.56. The fraction of sp³-hybridized carbons (Fsp3) is 0.368. The van der Waals surface area contributed by atoms with Crippen LogP contribution in [0.4, 0.5) is 4.39 Å². The van der Waals surface area contributed by atoms with E-state index in [0.29, 0.717) is 6.04 Å². The van der Waals surface area contributed by atoms with E-state index < -0.39 is 5.95 Å². The van der Waals surface area contributed by atoms with Crippen molar-refractivity contribution in [3.05, 3.63) is 48.3 Å². The molecular formula is C19H21FN4. The summed E-state index contributed by atoms with van der Waals surface area (Å²) in [4.78, 5) is 14.4. The van der Waals surface area contributed by atoms with Gasteiger partial charge in [0.15, 0.2) is 0 Å². The molecule has 1 saturated heterocycles. The normalized spacial score (nSPS) is 18.5. The van der Waals surface area contributed by atoms with Gasteiger partial charge in [0, 0.05) is 30.8 Å². The molecule has 0 amide bonds. The number of fused-ring (bicyclic) bond motifs is 1. The zero-order valence-electron chi connectivity index (χ0n) is 13.8. The molecule has 1 aliphatic rings. The predicted molar refractivity (Wildman–Crippen MR) is 93.3 cm³/mol. The molecule has 0 radical (unpaired) electrons. The summed E-state index contributed by atoms with van der Waals surface area (Å²) in [6.45, 7) is 4.55. The number of likely N-dealkylation sites (tertiary alicyclic amines) is 1. The van der Waals surface area contributed by atoms with Crippen LogP contribution in [0.3, 0.4) is 0 Å². The average molecular weight is 324 g/mol. The SMILES string of the molecule is CC1CCCN1CCc1nc2cc(-c3ccc(F)nc3)ccc2[nH]1. The molecule has 3 heterocycles. The number of nitrogens with zero attached hydrogens (tertiary/aromatic N) is 3. The summed E-state index contributed by atoms with van der Waals surface area (Å²) in [5.74, 6) is 0.566. The molecule has 4 rings (SSSR count). The molecule has 0 aliphatic carbocycles. The first-order chi connectivity index (χ1) is 11.7. The van der Waals surface area contributed by atoms with E-state index in [1.54, 1.807) is 12.3 Å². The summed E-state index contributed by atoms with van der Waals surface area (Å²) in [6, 6.07) is 9.89. The molecule has 4 nitrogen and oxygen atoms in total. The van der Waals surface area contributed by atoms with Crippen molar-refractivity contribution in [2.75, 3.05) is 13.1 Å². The Bertz CT molecular complexity index is 840. The number of hydrogen-bond acceptors (Lipinski definition) is 3. The first-order valence-corrected chi connectivity index (χ1v) is 8.54. The third-order valence-corrected chi connectivity index (χ3v) is 4.92. The van der Waals surface area contributed by atoms with Crippen molar-refractivity contribution >= 4 is 11.0 Å². The molecule has 1 aliphatic heterocycles. The monoisotopic (exact) mass is 324 g/mol. The number of benzene rings is 1. The van der Waals surface area contributed by atoms with Crippen molar-refractivity contribution in [1.29, 1.82) is 0 Å². The molecule has 0 saturated carbocycles. The molecule has 1 N–H and O–H groups in total. The number of pyridine rings is 1. The molecule has 1 unspecified atom stereocenters. The minimum Gasteiger partial charge on any atom is -0.342 e. The maximum absolute atomic E-state index is 13.0. The first-order valence-electron chi connectivity index (χ1n) is 8.54. The van der Waals surface area contributed by atoms with Crippen LogP contribution in [-0.2, 0) is 6.42 Å². The fourth-order valence-corrected chi connectivity index (χ4v) is 3.48. The molecule has 0 bridgehead atoms. The Morgan fingerprint density at radius 3 is 2.88 bits per heavy atom. The predicted octanol–water partition coefficient (Wildman–Crippen LogP) is 3.79. The van der Waals surface area contributed by atoms with Gasteiger partial charge in [0.2, 0.25) is 5.95 Å². The van der Waals surface area contributed by atoms with Crippen LogP contribution in [0, 0.1) is 5.95 Å². The van der Waals surface area contributed by atoms with Crippen molar-refractivity contribution in [3.8, 4) is 11.1 Å². The Morgan fingerprint density at radius 2 is 2.12 bits per heavy atom. The summed E-state index contributed by atoms with van der Waals surface area (Å²) in [7, 11) is 0. The van der Waals surface area contributed by atoms with Crippen LogP contribution >= 0.6 is 0 Å². The topological polar surface area (TPSA) is 44.8 Å². The third-order valence-electron chi connectivity index (χ3n) is 4.92. The standard InChI is InChI=1S/C19H21FN4/c1-13-3-2-9-24(13)10-8-19-22-16-6-4-14(11-17(16)23-19)15-5-7-18(20)21-12-15/h4-7,11-13H,2-3,8-10H2,1H3,(H,22,23). The van der Waals surface area contributed by atoms with E-state index in [4.69, 9.17) is 4.98 Å². The molecule has 1 aromatic carbocycles. The Hall–Kier alpha value is -2.27. The minimum absolute atomic E-state index is 0.460. The van der Waals surface area contributed by atoms with Gasteiger partial charge in [-0.1, -0.05) is 6.07 Å². The number of nitrogens with one attached hydrogen (secondary N) is 1. The van der Waals surface area contributed by atoms with Gasteiger partial charge in [0.1, 0.15) is 5.82 Å². The maximum atomic E-state index is 13.0. The van der Waals surface area contributed by atoms with Crippen LogP contribution in [0.2, 0.25) is 0 Å². The van der Waals surface area contributed by atoms with Crippen molar-refractivity contribution in [2.45, 2.75) is 32.2 Å². The number of aromatic amines is 1. The van der Waals surface area contributed by atoms with Crippen molar-refractivity contribution in [3.63, 3.8) is 0 Å². The summed E-state index contributed by atoms with van der Waals surface area (Å²) in [6.07, 6.45) is 5.09. The highest BCUT2D eigenvalue weighted by Crippen LogP contribution is 2.23. The molecule has 5 heteroatoms. The van der Waals surface area contributed by atoms with Gasteiger partial charge in [-0.3, -0.25) is 0 Å². The number of aromatic nitrogens is 3. The highest BCUT2D eigenvalue weighted by Gasteiger charge is 2.19. The summed E-state index contributed by atoms with van der Waals surface area (Å²) in [5.41, 5.74) is 3.88. The van der Waals surface area contributed by atoms with Gasteiger partial charge in [0.05, 0.1) is 11.0 Å². The van der Waals surface area contributed by atoms with Crippen molar-refractivity contribution < 1.29 is 4.39 Å². The van der Waals surface area contributed by atoms with Crippen molar-refractivity contribution in [2.24, 2.45) is 0 Å². The first kappa shape index (κ1) is 15.3. The number of imidazole rings is 1. The zero-order chi connectivity index (χ0) is 16.5. The molecule has 124 valence electrons. The average Bonchev–Trinajstić information content (AvgIpc) is 3.18. The smallest absolute Gasteiger partial charge is 0.212 e. The molecule has 0 spiro atoms. The van der Waals surface area contributed by atoms with E-state index in [-0.39, 0.29) is 0 Å². The van der Waals surface area contributed by atoms with E-state index in [9.17, 15) is 4.39 Å². The van der Waals surface area contributed by atoms with Gasteiger partial charge in [-0.2, -0.15) is 4.39 Å². The molecule has 1 atom stereocenters. The Balaban J connectivity index is 1.53. The highest BCUT2D eigenvalue weighted by molar-refractivity contribution is 5.81. The van der Waals surface area contributed by atoms with Gasteiger partial charge >= 0.3 is 0 Å². The minimum atomic E-state index is -0.460. The van der Waals surface area contributed by atoms with E-state index >= 15 is 0 Å². The molecule has 2 aromatic heterocycles. The second-order valence-electron chi connectivity index (χ2n) is 6.56. The number of halogens is 1. The lowest BCUT2D eigenvalue weighted by Crippen LogP contribution is -2.29. The lowest BCUT2D eigenvalue weighted by molar-refractivity contribution is 0.271. The van der Waals surface area contributed by atoms with Gasteiger partial charge in [0.25, 0.3) is 0 Å². The molecule has 1 fully saturated rings. The van der Waals surface area contributed by atoms with E-state index in [0.717, 1.165) is 41.0 Å². The van der Waals surface area contributed by atoms with Gasteiger partial charge in [-0.05, 0) is 56.1 Å². The number of hydrogen-bond donors (Lipinski definition) is 1. The summed E-state index contributed by atoms with van der Waals surface area (Å²) >= 11 is 0. The van der Waals surface area contributed by atoms with Gasteiger partial charge < -0.3 is 9.88 Å². The maximum Gasteiger partial charge on any atom is 0.212 e. The zero-order valence-corrected chi connectivity index (χ0v) is 13.8. The van der Waals surface area contributed by atoms with E-state index in [2.05, 4.69) is 21.8 Å². The van der Waals surface area contributed by atoms with Crippen LogP contribution < -0.4 is 0 Å². The second kappa shape index (κ2) is 6.32. The van der Waals surface area contributed by atoms with Gasteiger partial charge in [-0.25, -0.2) is 9.97 Å². The Labute approximate surface area is 140 Å². The third kappa shape index (κ3) is 3.04. The lowest BCUT2D eigenvalue weighted by Gasteiger charge is -2.19. The number of H-pyrrole nitrogens is 1. The molecule has 24 heavy (non-hydrogen) atoms. The van der Waals surface area contributed by atoms with Crippen LogP contribution in [0.15, 0.2) is 36.5 Å². The van der Waals surface area contributed by atoms with Gasteiger partial charge in [-0.15, -0.1) is 0 Å². The lowest BCUT2D eigenvalue weighted by atomic mass is 10.1. The van der Waals surface area contributed by atoms with Crippen LogP contribution in [0.25, 0.3) is 22.2 Å². The molecule has 3 aromatic rings. The van der Waals surface area contributed by atoms with E-state index in [1.807, 2.05) is 18.2 Å².